The Morgan fingerprint density at radius 1 is 1.43 bits per heavy atom. The lowest BCUT2D eigenvalue weighted by atomic mass is 9.84. The van der Waals surface area contributed by atoms with E-state index in [1.54, 1.807) is 6.07 Å². The van der Waals surface area contributed by atoms with E-state index in [1.807, 2.05) is 12.1 Å². The number of hydrogen-bond acceptors (Lipinski definition) is 2. The van der Waals surface area contributed by atoms with Crippen molar-refractivity contribution >= 4 is 0 Å². The molecule has 0 radical (unpaired) electrons. The molecular weight excluding hydrogens is 181 g/mol. The summed E-state index contributed by atoms with van der Waals surface area (Å²) in [6, 6.07) is 6.84. The molecule has 0 saturated carbocycles. The molecule has 1 fully saturated rings. The molecule has 1 aliphatic rings. The third kappa shape index (κ3) is 1.65. The van der Waals surface area contributed by atoms with Gasteiger partial charge in [-0.15, -0.1) is 0 Å². The van der Waals surface area contributed by atoms with Gasteiger partial charge in [0, 0.05) is 11.8 Å². The third-order valence-corrected chi connectivity index (χ3v) is 2.79. The Balaban J connectivity index is 2.22. The van der Waals surface area contributed by atoms with Gasteiger partial charge >= 0.3 is 0 Å². The van der Waals surface area contributed by atoms with Crippen molar-refractivity contribution in [2.24, 2.45) is 11.7 Å². The quantitative estimate of drug-likeness (QED) is 0.793. The molecule has 76 valence electrons. The normalized spacial score (nSPS) is 19.0. The van der Waals surface area contributed by atoms with Gasteiger partial charge in [-0.1, -0.05) is 18.2 Å². The molecule has 1 aromatic carbocycles. The lowest BCUT2D eigenvalue weighted by molar-refractivity contribution is -0.0441. The highest BCUT2D eigenvalue weighted by molar-refractivity contribution is 5.23. The van der Waals surface area contributed by atoms with Crippen LogP contribution in [0.4, 0.5) is 4.39 Å². The van der Waals surface area contributed by atoms with Crippen LogP contribution in [0.25, 0.3) is 0 Å². The molecule has 0 amide bonds. The number of halogens is 1. The Morgan fingerprint density at radius 3 is 2.64 bits per heavy atom. The van der Waals surface area contributed by atoms with Crippen LogP contribution < -0.4 is 5.73 Å². The summed E-state index contributed by atoms with van der Waals surface area (Å²) in [7, 11) is 0. The van der Waals surface area contributed by atoms with E-state index in [1.165, 1.54) is 6.07 Å². The summed E-state index contributed by atoms with van der Waals surface area (Å²) < 4.78 is 18.6. The minimum absolute atomic E-state index is 0.102. The van der Waals surface area contributed by atoms with Gasteiger partial charge in [-0.05, 0) is 18.2 Å². The second-order valence-corrected chi connectivity index (χ2v) is 3.66. The van der Waals surface area contributed by atoms with E-state index in [9.17, 15) is 4.39 Å². The molecule has 1 aromatic rings. The molecule has 1 unspecified atom stereocenters. The van der Waals surface area contributed by atoms with Gasteiger partial charge in [-0.2, -0.15) is 0 Å². The first-order valence-corrected chi connectivity index (χ1v) is 4.85. The van der Waals surface area contributed by atoms with E-state index < -0.39 is 0 Å². The largest absolute Gasteiger partial charge is 0.381 e. The first-order chi connectivity index (χ1) is 6.83. The first kappa shape index (κ1) is 9.62. The number of nitrogens with two attached hydrogens (primary N) is 1. The third-order valence-electron chi connectivity index (χ3n) is 2.79. The Bertz CT molecular complexity index is 312. The maximum atomic E-state index is 13.5. The van der Waals surface area contributed by atoms with Gasteiger partial charge < -0.3 is 10.5 Å². The highest BCUT2D eigenvalue weighted by atomic mass is 19.1. The SMILES string of the molecule is NCC(c1ccccc1F)C1COC1. The molecule has 14 heavy (non-hydrogen) atoms. The Kier molecular flexibility index (Phi) is 2.79. The van der Waals surface area contributed by atoms with E-state index in [0.717, 1.165) is 5.56 Å². The number of hydrogen-bond donors (Lipinski definition) is 1. The number of benzene rings is 1. The van der Waals surface area contributed by atoms with E-state index in [2.05, 4.69) is 0 Å². The Hall–Kier alpha value is -0.930. The summed E-state index contributed by atoms with van der Waals surface area (Å²) in [6.45, 7) is 1.89. The fraction of sp³-hybridized carbons (Fsp3) is 0.455. The van der Waals surface area contributed by atoms with E-state index in [-0.39, 0.29) is 11.7 Å². The van der Waals surface area contributed by atoms with Gasteiger partial charge in [0.05, 0.1) is 13.2 Å². The van der Waals surface area contributed by atoms with Crippen LogP contribution in [0.1, 0.15) is 11.5 Å². The minimum atomic E-state index is -0.158. The summed E-state index contributed by atoms with van der Waals surface area (Å²) in [5, 5.41) is 0. The van der Waals surface area contributed by atoms with Crippen molar-refractivity contribution in [2.45, 2.75) is 5.92 Å². The summed E-state index contributed by atoms with van der Waals surface area (Å²) in [5.41, 5.74) is 6.39. The second-order valence-electron chi connectivity index (χ2n) is 3.66. The summed E-state index contributed by atoms with van der Waals surface area (Å²) in [5.74, 6) is 0.330. The Labute approximate surface area is 82.9 Å². The molecule has 1 saturated heterocycles. The van der Waals surface area contributed by atoms with Crippen molar-refractivity contribution in [1.29, 1.82) is 0 Å². The summed E-state index contributed by atoms with van der Waals surface area (Å²) >= 11 is 0. The standard InChI is InChI=1S/C11H14FNO/c12-11-4-2-1-3-9(11)10(5-13)8-6-14-7-8/h1-4,8,10H,5-7,13H2. The lowest BCUT2D eigenvalue weighted by Crippen LogP contribution is -2.36. The van der Waals surface area contributed by atoms with Crippen LogP contribution in [0.3, 0.4) is 0 Å². The van der Waals surface area contributed by atoms with Crippen LogP contribution >= 0.6 is 0 Å². The molecule has 0 spiro atoms. The molecule has 0 aliphatic carbocycles. The topological polar surface area (TPSA) is 35.2 Å². The fourth-order valence-electron chi connectivity index (χ4n) is 1.84. The van der Waals surface area contributed by atoms with Crippen LogP contribution in [-0.4, -0.2) is 19.8 Å². The van der Waals surface area contributed by atoms with Crippen molar-refractivity contribution in [1.82, 2.24) is 0 Å². The maximum Gasteiger partial charge on any atom is 0.126 e. The highest BCUT2D eigenvalue weighted by Crippen LogP contribution is 2.30. The van der Waals surface area contributed by atoms with Crippen LogP contribution in [0.5, 0.6) is 0 Å². The van der Waals surface area contributed by atoms with Crippen LogP contribution in [0.2, 0.25) is 0 Å². The highest BCUT2D eigenvalue weighted by Gasteiger charge is 2.29. The van der Waals surface area contributed by atoms with Crippen molar-refractivity contribution in [2.75, 3.05) is 19.8 Å². The van der Waals surface area contributed by atoms with Crippen molar-refractivity contribution in [3.8, 4) is 0 Å². The van der Waals surface area contributed by atoms with E-state index in [4.69, 9.17) is 10.5 Å². The van der Waals surface area contributed by atoms with Gasteiger partial charge in [0.1, 0.15) is 5.82 Å². The summed E-state index contributed by atoms with van der Waals surface area (Å²) in [4.78, 5) is 0. The first-order valence-electron chi connectivity index (χ1n) is 4.85. The zero-order valence-electron chi connectivity index (χ0n) is 7.95. The smallest absolute Gasteiger partial charge is 0.126 e. The molecule has 1 atom stereocenters. The molecular formula is C11H14FNO. The van der Waals surface area contributed by atoms with Crippen LogP contribution in [0.15, 0.2) is 24.3 Å². The van der Waals surface area contributed by atoms with Crippen molar-refractivity contribution in [3.63, 3.8) is 0 Å². The zero-order chi connectivity index (χ0) is 9.97. The fourth-order valence-corrected chi connectivity index (χ4v) is 1.84. The van der Waals surface area contributed by atoms with Gasteiger partial charge in [0.2, 0.25) is 0 Å². The molecule has 2 nitrogen and oxygen atoms in total. The van der Waals surface area contributed by atoms with Crippen molar-refractivity contribution in [3.05, 3.63) is 35.6 Å². The average Bonchev–Trinajstić information content (AvgIpc) is 2.12. The molecule has 3 heteroatoms. The predicted molar refractivity (Wildman–Crippen MR) is 52.5 cm³/mol. The van der Waals surface area contributed by atoms with E-state index in [0.29, 0.717) is 25.7 Å². The maximum absolute atomic E-state index is 13.5. The molecule has 1 heterocycles. The molecule has 2 rings (SSSR count). The average molecular weight is 195 g/mol. The zero-order valence-corrected chi connectivity index (χ0v) is 7.95. The van der Waals surface area contributed by atoms with Crippen molar-refractivity contribution < 1.29 is 9.13 Å². The summed E-state index contributed by atoms with van der Waals surface area (Å²) in [6.07, 6.45) is 0. The Morgan fingerprint density at radius 2 is 2.14 bits per heavy atom. The second kappa shape index (κ2) is 4.07. The van der Waals surface area contributed by atoms with Gasteiger partial charge in [-0.25, -0.2) is 4.39 Å². The molecule has 0 aromatic heterocycles. The number of ether oxygens (including phenoxy) is 1. The van der Waals surface area contributed by atoms with Crippen LogP contribution in [0, 0.1) is 11.7 Å². The van der Waals surface area contributed by atoms with Gasteiger partial charge in [0.15, 0.2) is 0 Å². The molecule has 1 aliphatic heterocycles. The van der Waals surface area contributed by atoms with Gasteiger partial charge in [0.25, 0.3) is 0 Å². The lowest BCUT2D eigenvalue weighted by Gasteiger charge is -2.33. The molecule has 0 bridgehead atoms. The monoisotopic (exact) mass is 195 g/mol. The minimum Gasteiger partial charge on any atom is -0.381 e. The van der Waals surface area contributed by atoms with E-state index >= 15 is 0 Å². The molecule has 2 N–H and O–H groups in total. The number of rotatable bonds is 3. The predicted octanol–water partition coefficient (Wildman–Crippen LogP) is 1.51. The van der Waals surface area contributed by atoms with Gasteiger partial charge in [-0.3, -0.25) is 0 Å². The van der Waals surface area contributed by atoms with Crippen LogP contribution in [-0.2, 0) is 4.74 Å².